The fraction of sp³-hybridized carbons (Fsp3) is 0.391. The summed E-state index contributed by atoms with van der Waals surface area (Å²) in [6.45, 7) is 4.22. The summed E-state index contributed by atoms with van der Waals surface area (Å²) in [4.78, 5) is 37.5. The predicted molar refractivity (Wildman–Crippen MR) is 125 cm³/mol. The van der Waals surface area contributed by atoms with Crippen LogP contribution in [0.1, 0.15) is 25.0 Å². The van der Waals surface area contributed by atoms with E-state index in [9.17, 15) is 19.7 Å². The van der Waals surface area contributed by atoms with Gasteiger partial charge < -0.3 is 16.0 Å². The molecule has 170 valence electrons. The summed E-state index contributed by atoms with van der Waals surface area (Å²) in [6.07, 6.45) is 0.944. The number of nitrogens with two attached hydrogens (primary N) is 1. The first-order chi connectivity index (χ1) is 15.2. The van der Waals surface area contributed by atoms with Crippen molar-refractivity contribution in [2.24, 2.45) is 5.73 Å². The van der Waals surface area contributed by atoms with E-state index in [1.165, 1.54) is 12.1 Å². The Bertz CT molecular complexity index is 966. The molecule has 2 amide bonds. The van der Waals surface area contributed by atoms with Gasteiger partial charge >= 0.3 is 0 Å². The van der Waals surface area contributed by atoms with Crippen molar-refractivity contribution < 1.29 is 14.5 Å². The second kappa shape index (κ2) is 10.1. The van der Waals surface area contributed by atoms with Crippen molar-refractivity contribution in [1.29, 1.82) is 0 Å². The van der Waals surface area contributed by atoms with Crippen molar-refractivity contribution in [1.82, 2.24) is 10.2 Å². The van der Waals surface area contributed by atoms with Crippen LogP contribution in [-0.4, -0.2) is 50.9 Å². The van der Waals surface area contributed by atoms with Crippen molar-refractivity contribution in [3.8, 4) is 0 Å². The Balaban J connectivity index is 1.60. The van der Waals surface area contributed by atoms with Gasteiger partial charge in [0.1, 0.15) is 6.04 Å². The van der Waals surface area contributed by atoms with Crippen LogP contribution in [0.3, 0.4) is 0 Å². The van der Waals surface area contributed by atoms with E-state index in [4.69, 9.17) is 5.73 Å². The average Bonchev–Trinajstić information content (AvgIpc) is 3.09. The van der Waals surface area contributed by atoms with E-state index in [0.717, 1.165) is 11.1 Å². The molecular formula is C23H28N4O4S. The van der Waals surface area contributed by atoms with Crippen LogP contribution in [-0.2, 0) is 22.4 Å². The number of carbonyl (C=O) groups is 2. The van der Waals surface area contributed by atoms with E-state index in [1.54, 1.807) is 28.8 Å². The molecule has 3 rings (SSSR count). The molecule has 0 spiro atoms. The number of non-ortho nitro benzene ring substituents is 1. The van der Waals surface area contributed by atoms with Gasteiger partial charge in [0.25, 0.3) is 5.69 Å². The monoisotopic (exact) mass is 456 g/mol. The summed E-state index contributed by atoms with van der Waals surface area (Å²) < 4.78 is 0. The third-order valence-electron chi connectivity index (χ3n) is 5.50. The molecule has 1 heterocycles. The number of hydrogen-bond donors (Lipinski definition) is 2. The second-order valence-corrected chi connectivity index (χ2v) is 9.86. The van der Waals surface area contributed by atoms with E-state index >= 15 is 0 Å². The molecule has 9 heteroatoms. The van der Waals surface area contributed by atoms with Crippen molar-refractivity contribution in [2.45, 2.75) is 43.6 Å². The number of amides is 2. The van der Waals surface area contributed by atoms with Gasteiger partial charge in [0.2, 0.25) is 11.8 Å². The number of thioether (sulfide) groups is 1. The molecule has 8 nitrogen and oxygen atoms in total. The molecule has 1 fully saturated rings. The number of hydrogen-bond acceptors (Lipinski definition) is 6. The minimum absolute atomic E-state index is 0.0315. The molecule has 1 saturated heterocycles. The maximum absolute atomic E-state index is 13.2. The van der Waals surface area contributed by atoms with Crippen molar-refractivity contribution in [2.75, 3.05) is 12.3 Å². The first-order valence-electron chi connectivity index (χ1n) is 10.5. The van der Waals surface area contributed by atoms with Crippen LogP contribution in [0.2, 0.25) is 0 Å². The number of carbonyl (C=O) groups excluding carboxylic acids is 2. The largest absolute Gasteiger partial charge is 0.354 e. The summed E-state index contributed by atoms with van der Waals surface area (Å²) in [5.74, 6) is 0.0461. The molecule has 0 bridgehead atoms. The van der Waals surface area contributed by atoms with E-state index in [0.29, 0.717) is 25.1 Å². The van der Waals surface area contributed by atoms with Gasteiger partial charge in [-0.3, -0.25) is 19.7 Å². The zero-order chi connectivity index (χ0) is 23.3. The zero-order valence-electron chi connectivity index (χ0n) is 18.2. The van der Waals surface area contributed by atoms with E-state index in [-0.39, 0.29) is 17.5 Å². The standard InChI is InChI=1S/C23H28N4O4S/c1-23(2)26(22(29)19(24)14-17-6-4-3-5-7-17)20(15-32-23)21(28)25-13-12-16-8-10-18(11-9-16)27(30)31/h3-11,19-20H,12-15,24H2,1-2H3,(H,25,28)/t19-,20-/m0/s1. The smallest absolute Gasteiger partial charge is 0.269 e. The molecule has 0 aliphatic carbocycles. The first-order valence-corrected chi connectivity index (χ1v) is 11.5. The Morgan fingerprint density at radius 1 is 1.19 bits per heavy atom. The summed E-state index contributed by atoms with van der Waals surface area (Å²) >= 11 is 1.56. The molecule has 0 radical (unpaired) electrons. The highest BCUT2D eigenvalue weighted by molar-refractivity contribution is 8.00. The van der Waals surface area contributed by atoms with Gasteiger partial charge in [-0.15, -0.1) is 11.8 Å². The van der Waals surface area contributed by atoms with Gasteiger partial charge in [0, 0.05) is 24.4 Å². The van der Waals surface area contributed by atoms with Crippen molar-refractivity contribution >= 4 is 29.3 Å². The molecule has 2 aromatic carbocycles. The number of nitrogens with zero attached hydrogens (tertiary/aromatic N) is 2. The fourth-order valence-electron chi connectivity index (χ4n) is 3.78. The Labute approximate surface area is 191 Å². The number of nitro groups is 1. The van der Waals surface area contributed by atoms with E-state index in [1.807, 2.05) is 44.2 Å². The second-order valence-electron chi connectivity index (χ2n) is 8.24. The van der Waals surface area contributed by atoms with Crippen LogP contribution in [0.5, 0.6) is 0 Å². The summed E-state index contributed by atoms with van der Waals surface area (Å²) in [6, 6.07) is 14.5. The Morgan fingerprint density at radius 2 is 1.84 bits per heavy atom. The number of benzene rings is 2. The zero-order valence-corrected chi connectivity index (χ0v) is 19.0. The Hall–Kier alpha value is -2.91. The molecular weight excluding hydrogens is 428 g/mol. The highest BCUT2D eigenvalue weighted by Gasteiger charge is 2.47. The number of nitrogens with one attached hydrogen (secondary N) is 1. The summed E-state index contributed by atoms with van der Waals surface area (Å²) in [7, 11) is 0. The quantitative estimate of drug-likeness (QED) is 0.465. The molecule has 3 N–H and O–H groups in total. The minimum atomic E-state index is -0.731. The molecule has 0 unspecified atom stereocenters. The molecule has 1 aliphatic heterocycles. The van der Waals surface area contributed by atoms with Gasteiger partial charge in [-0.05, 0) is 37.8 Å². The molecule has 2 atom stereocenters. The fourth-order valence-corrected chi connectivity index (χ4v) is 5.00. The summed E-state index contributed by atoms with van der Waals surface area (Å²) in [5.41, 5.74) is 8.13. The van der Waals surface area contributed by atoms with Crippen LogP contribution in [0.4, 0.5) is 5.69 Å². The topological polar surface area (TPSA) is 119 Å². The molecule has 2 aromatic rings. The number of rotatable bonds is 8. The van der Waals surface area contributed by atoms with Gasteiger partial charge in [-0.2, -0.15) is 0 Å². The predicted octanol–water partition coefficient (Wildman–Crippen LogP) is 2.50. The van der Waals surface area contributed by atoms with Crippen LogP contribution in [0, 0.1) is 10.1 Å². The highest BCUT2D eigenvalue weighted by atomic mass is 32.2. The third-order valence-corrected chi connectivity index (χ3v) is 6.89. The van der Waals surface area contributed by atoms with E-state index < -0.39 is 21.9 Å². The van der Waals surface area contributed by atoms with Crippen LogP contribution < -0.4 is 11.1 Å². The lowest BCUT2D eigenvalue weighted by Gasteiger charge is -2.36. The van der Waals surface area contributed by atoms with E-state index in [2.05, 4.69) is 5.32 Å². The molecule has 0 aromatic heterocycles. The van der Waals surface area contributed by atoms with Gasteiger partial charge in [-0.1, -0.05) is 42.5 Å². The summed E-state index contributed by atoms with van der Waals surface area (Å²) in [5, 5.41) is 13.7. The SMILES string of the molecule is CC1(C)SC[C@@H](C(=O)NCCc2ccc([N+](=O)[O-])cc2)N1C(=O)[C@@H](N)Cc1ccccc1. The van der Waals surface area contributed by atoms with Gasteiger partial charge in [0.15, 0.2) is 0 Å². The van der Waals surface area contributed by atoms with Crippen molar-refractivity contribution in [3.63, 3.8) is 0 Å². The van der Waals surface area contributed by atoms with Gasteiger partial charge in [0.05, 0.1) is 15.8 Å². The maximum atomic E-state index is 13.2. The lowest BCUT2D eigenvalue weighted by atomic mass is 10.0. The first kappa shape index (κ1) is 23.7. The van der Waals surface area contributed by atoms with Crippen molar-refractivity contribution in [3.05, 3.63) is 75.8 Å². The normalized spacial score (nSPS) is 18.2. The highest BCUT2D eigenvalue weighted by Crippen LogP contribution is 2.39. The molecule has 0 saturated carbocycles. The Kier molecular flexibility index (Phi) is 7.52. The lowest BCUT2D eigenvalue weighted by molar-refractivity contribution is -0.384. The van der Waals surface area contributed by atoms with Crippen LogP contribution >= 0.6 is 11.8 Å². The lowest BCUT2D eigenvalue weighted by Crippen LogP contribution is -2.57. The minimum Gasteiger partial charge on any atom is -0.354 e. The van der Waals surface area contributed by atoms with Crippen LogP contribution in [0.25, 0.3) is 0 Å². The Morgan fingerprint density at radius 3 is 2.47 bits per heavy atom. The molecule has 1 aliphatic rings. The van der Waals surface area contributed by atoms with Gasteiger partial charge in [-0.25, -0.2) is 0 Å². The third kappa shape index (κ3) is 5.66. The maximum Gasteiger partial charge on any atom is 0.269 e. The number of nitro benzene ring substituents is 1. The molecule has 32 heavy (non-hydrogen) atoms. The van der Waals surface area contributed by atoms with Crippen LogP contribution in [0.15, 0.2) is 54.6 Å². The average molecular weight is 457 g/mol.